The van der Waals surface area contributed by atoms with E-state index in [9.17, 15) is 10.2 Å². The number of fused-ring (bicyclic) bond motifs is 5. The molecule has 4 heterocycles. The first-order valence-electron chi connectivity index (χ1n) is 10.3. The molecule has 0 spiro atoms. The maximum Gasteiger partial charge on any atom is 0.0970 e. The van der Waals surface area contributed by atoms with Gasteiger partial charge in [-0.1, -0.05) is 6.07 Å². The van der Waals surface area contributed by atoms with Crippen molar-refractivity contribution in [1.82, 2.24) is 14.5 Å². The number of aliphatic hydroxyl groups excluding tert-OH is 2. The summed E-state index contributed by atoms with van der Waals surface area (Å²) >= 11 is 0. The standard InChI is InChI=1S/C23H27N3O2/c1-15-4-5-19-22(17(15)14-27)23-18-3-2-11-25(18)12-8-20(23)26(19)13-21(28)16-6-9-24-10-7-16/h4-7,9-10,18,21,27-28H,2-3,8,11-14H2,1H3. The molecule has 28 heavy (non-hydrogen) atoms. The lowest BCUT2D eigenvalue weighted by molar-refractivity contribution is 0.155. The van der Waals surface area contributed by atoms with Gasteiger partial charge >= 0.3 is 0 Å². The van der Waals surface area contributed by atoms with Crippen LogP contribution in [-0.2, 0) is 19.6 Å². The summed E-state index contributed by atoms with van der Waals surface area (Å²) < 4.78 is 2.31. The molecule has 5 rings (SSSR count). The summed E-state index contributed by atoms with van der Waals surface area (Å²) in [4.78, 5) is 6.65. The first-order valence-corrected chi connectivity index (χ1v) is 10.3. The second-order valence-electron chi connectivity index (χ2n) is 8.12. The van der Waals surface area contributed by atoms with Crippen LogP contribution in [0.2, 0.25) is 0 Å². The van der Waals surface area contributed by atoms with E-state index in [0.29, 0.717) is 12.6 Å². The molecule has 5 nitrogen and oxygen atoms in total. The quantitative estimate of drug-likeness (QED) is 0.733. The van der Waals surface area contributed by atoms with Gasteiger partial charge in [0.2, 0.25) is 0 Å². The molecule has 2 atom stereocenters. The van der Waals surface area contributed by atoms with Crippen molar-refractivity contribution in [2.45, 2.75) is 51.5 Å². The number of nitrogens with zero attached hydrogens (tertiary/aromatic N) is 3. The fourth-order valence-electron chi connectivity index (χ4n) is 5.28. The number of aliphatic hydroxyl groups is 2. The van der Waals surface area contributed by atoms with Crippen molar-refractivity contribution in [3.05, 3.63) is 64.6 Å². The zero-order chi connectivity index (χ0) is 19.3. The summed E-state index contributed by atoms with van der Waals surface area (Å²) in [6, 6.07) is 8.47. The van der Waals surface area contributed by atoms with E-state index < -0.39 is 6.10 Å². The van der Waals surface area contributed by atoms with Gasteiger partial charge in [0.05, 0.1) is 19.3 Å². The predicted molar refractivity (Wildman–Crippen MR) is 109 cm³/mol. The maximum absolute atomic E-state index is 10.9. The van der Waals surface area contributed by atoms with Gasteiger partial charge in [0.25, 0.3) is 0 Å². The maximum atomic E-state index is 10.9. The Morgan fingerprint density at radius 2 is 2.00 bits per heavy atom. The highest BCUT2D eigenvalue weighted by molar-refractivity contribution is 5.90. The van der Waals surface area contributed by atoms with Gasteiger partial charge in [-0.05, 0) is 66.8 Å². The molecule has 0 bridgehead atoms. The largest absolute Gasteiger partial charge is 0.392 e. The van der Waals surface area contributed by atoms with E-state index in [-0.39, 0.29) is 6.61 Å². The fraction of sp³-hybridized carbons (Fsp3) is 0.435. The minimum absolute atomic E-state index is 0.0548. The highest BCUT2D eigenvalue weighted by atomic mass is 16.3. The van der Waals surface area contributed by atoms with Gasteiger partial charge in [0, 0.05) is 48.0 Å². The predicted octanol–water partition coefficient (Wildman–Crippen LogP) is 3.26. The van der Waals surface area contributed by atoms with Crippen LogP contribution in [-0.4, -0.2) is 37.8 Å². The van der Waals surface area contributed by atoms with Crippen LogP contribution in [0.5, 0.6) is 0 Å². The molecule has 5 heteroatoms. The van der Waals surface area contributed by atoms with Crippen LogP contribution in [0.15, 0.2) is 36.7 Å². The lowest BCUT2D eigenvalue weighted by Crippen LogP contribution is -2.31. The van der Waals surface area contributed by atoms with Crippen LogP contribution in [0.4, 0.5) is 0 Å². The molecule has 0 amide bonds. The number of hydrogen-bond donors (Lipinski definition) is 2. The Balaban J connectivity index is 1.69. The number of rotatable bonds is 4. The van der Waals surface area contributed by atoms with Crippen molar-refractivity contribution in [2.75, 3.05) is 13.1 Å². The van der Waals surface area contributed by atoms with Gasteiger partial charge in [-0.25, -0.2) is 0 Å². The van der Waals surface area contributed by atoms with Crippen LogP contribution < -0.4 is 0 Å². The smallest absolute Gasteiger partial charge is 0.0970 e. The zero-order valence-corrected chi connectivity index (χ0v) is 16.3. The Kier molecular flexibility index (Phi) is 4.46. The highest BCUT2D eigenvalue weighted by Crippen LogP contribution is 2.45. The summed E-state index contributed by atoms with van der Waals surface area (Å²) in [6.45, 7) is 4.90. The molecule has 2 aliphatic rings. The molecular weight excluding hydrogens is 350 g/mol. The number of benzene rings is 1. The molecule has 0 aliphatic carbocycles. The number of hydrogen-bond acceptors (Lipinski definition) is 4. The van der Waals surface area contributed by atoms with E-state index in [1.807, 2.05) is 12.1 Å². The van der Waals surface area contributed by atoms with Crippen molar-refractivity contribution in [3.63, 3.8) is 0 Å². The number of pyridine rings is 1. The molecule has 2 N–H and O–H groups in total. The minimum Gasteiger partial charge on any atom is -0.392 e. The van der Waals surface area contributed by atoms with Crippen molar-refractivity contribution in [2.24, 2.45) is 0 Å². The van der Waals surface area contributed by atoms with Gasteiger partial charge in [-0.15, -0.1) is 0 Å². The lowest BCUT2D eigenvalue weighted by atomic mass is 9.92. The second kappa shape index (κ2) is 6.99. The average molecular weight is 377 g/mol. The van der Waals surface area contributed by atoms with Crippen molar-refractivity contribution in [3.8, 4) is 0 Å². The van der Waals surface area contributed by atoms with Crippen molar-refractivity contribution < 1.29 is 10.2 Å². The summed E-state index contributed by atoms with van der Waals surface area (Å²) in [7, 11) is 0. The molecule has 1 fully saturated rings. The summed E-state index contributed by atoms with van der Waals surface area (Å²) in [5.41, 5.74) is 6.94. The number of aromatic nitrogens is 2. The fourth-order valence-corrected chi connectivity index (χ4v) is 5.28. The number of aryl methyl sites for hydroxylation is 1. The zero-order valence-electron chi connectivity index (χ0n) is 16.3. The van der Waals surface area contributed by atoms with Gasteiger partial charge in [0.15, 0.2) is 0 Å². The molecule has 1 aromatic carbocycles. The van der Waals surface area contributed by atoms with Gasteiger partial charge in [-0.3, -0.25) is 9.88 Å². The topological polar surface area (TPSA) is 61.5 Å². The summed E-state index contributed by atoms with van der Waals surface area (Å²) in [5.74, 6) is 0. The Morgan fingerprint density at radius 3 is 2.79 bits per heavy atom. The monoisotopic (exact) mass is 377 g/mol. The first-order chi connectivity index (χ1) is 13.7. The van der Waals surface area contributed by atoms with E-state index >= 15 is 0 Å². The van der Waals surface area contributed by atoms with Crippen LogP contribution >= 0.6 is 0 Å². The van der Waals surface area contributed by atoms with Crippen molar-refractivity contribution >= 4 is 10.9 Å². The third kappa shape index (κ3) is 2.69. The summed E-state index contributed by atoms with van der Waals surface area (Å²) in [6.07, 6.45) is 6.28. The highest BCUT2D eigenvalue weighted by Gasteiger charge is 2.36. The minimum atomic E-state index is -0.580. The van der Waals surface area contributed by atoms with E-state index in [1.54, 1.807) is 12.4 Å². The Bertz CT molecular complexity index is 1010. The van der Waals surface area contributed by atoms with E-state index in [4.69, 9.17) is 0 Å². The Morgan fingerprint density at radius 1 is 1.18 bits per heavy atom. The molecule has 2 aliphatic heterocycles. The molecule has 2 aromatic heterocycles. The summed E-state index contributed by atoms with van der Waals surface area (Å²) in [5, 5.41) is 22.3. The van der Waals surface area contributed by atoms with Crippen molar-refractivity contribution in [1.29, 1.82) is 0 Å². The van der Waals surface area contributed by atoms with E-state index in [2.05, 4.69) is 33.5 Å². The van der Waals surface area contributed by atoms with Gasteiger partial charge in [-0.2, -0.15) is 0 Å². The van der Waals surface area contributed by atoms with Crippen LogP contribution in [0.25, 0.3) is 10.9 Å². The Hall–Kier alpha value is -2.21. The third-order valence-corrected chi connectivity index (χ3v) is 6.66. The molecular formula is C23H27N3O2. The van der Waals surface area contributed by atoms with E-state index in [1.165, 1.54) is 29.5 Å². The normalized spacial score (nSPS) is 20.3. The van der Waals surface area contributed by atoms with Gasteiger partial charge < -0.3 is 14.8 Å². The molecule has 0 saturated carbocycles. The molecule has 1 saturated heterocycles. The van der Waals surface area contributed by atoms with Crippen LogP contribution in [0.1, 0.15) is 52.9 Å². The first kappa shape index (κ1) is 17.9. The molecule has 146 valence electrons. The third-order valence-electron chi connectivity index (χ3n) is 6.66. The SMILES string of the molecule is Cc1ccc2c(c1CO)c1c(n2CC(O)c2ccncc2)CCN2CCCC12. The van der Waals surface area contributed by atoms with Gasteiger partial charge in [0.1, 0.15) is 0 Å². The van der Waals surface area contributed by atoms with Crippen LogP contribution in [0, 0.1) is 6.92 Å². The molecule has 3 aromatic rings. The lowest BCUT2D eigenvalue weighted by Gasteiger charge is -2.31. The van der Waals surface area contributed by atoms with Crippen LogP contribution in [0.3, 0.4) is 0 Å². The molecule has 2 unspecified atom stereocenters. The average Bonchev–Trinajstić information content (AvgIpc) is 3.31. The van der Waals surface area contributed by atoms with E-state index in [0.717, 1.165) is 41.7 Å². The molecule has 0 radical (unpaired) electrons. The Labute approximate surface area is 165 Å². The second-order valence-corrected chi connectivity index (χ2v) is 8.12.